The number of hydrogen-bond acceptors (Lipinski definition) is 3. The molecule has 0 unspecified atom stereocenters. The molecule has 0 spiro atoms. The van der Waals surface area contributed by atoms with Crippen molar-refractivity contribution >= 4 is 17.8 Å². The molecule has 2 nitrogen and oxygen atoms in total. The third-order valence-corrected chi connectivity index (χ3v) is 3.23. The van der Waals surface area contributed by atoms with Crippen LogP contribution in [-0.2, 0) is 10.3 Å². The molecule has 3 heteroatoms. The molecular formula is C13H17NOS. The number of hydrogen-bond donors (Lipinski definition) is 0. The monoisotopic (exact) mass is 235 g/mol. The molecule has 16 heavy (non-hydrogen) atoms. The van der Waals surface area contributed by atoms with Gasteiger partial charge in [0.05, 0.1) is 5.54 Å². The van der Waals surface area contributed by atoms with Gasteiger partial charge in [-0.2, -0.15) is 4.99 Å². The van der Waals surface area contributed by atoms with Crippen LogP contribution in [0.1, 0.15) is 33.3 Å². The van der Waals surface area contributed by atoms with Gasteiger partial charge in [-0.05, 0) is 31.5 Å². The predicted octanol–water partition coefficient (Wildman–Crippen LogP) is 3.76. The van der Waals surface area contributed by atoms with Gasteiger partial charge >= 0.3 is 0 Å². The van der Waals surface area contributed by atoms with Crippen molar-refractivity contribution < 1.29 is 4.79 Å². The van der Waals surface area contributed by atoms with Gasteiger partial charge in [0.25, 0.3) is 0 Å². The largest absolute Gasteiger partial charge is 0.235 e. The van der Waals surface area contributed by atoms with Crippen molar-refractivity contribution in [1.29, 1.82) is 0 Å². The van der Waals surface area contributed by atoms with Gasteiger partial charge in [0.15, 0.2) is 0 Å². The Kier molecular flexibility index (Phi) is 4.34. The lowest BCUT2D eigenvalue weighted by Gasteiger charge is -2.18. The summed E-state index contributed by atoms with van der Waals surface area (Å²) in [6.07, 6.45) is 1.63. The Morgan fingerprint density at radius 2 is 2.06 bits per heavy atom. The summed E-state index contributed by atoms with van der Waals surface area (Å²) in [5, 5.41) is 0.549. The van der Waals surface area contributed by atoms with E-state index < -0.39 is 5.54 Å². The fourth-order valence-electron chi connectivity index (χ4n) is 1.40. The van der Waals surface area contributed by atoms with Crippen molar-refractivity contribution in [3.63, 3.8) is 0 Å². The normalized spacial score (nSPS) is 11.3. The molecule has 0 aliphatic heterocycles. The third-order valence-electron chi connectivity index (χ3n) is 2.24. The van der Waals surface area contributed by atoms with Crippen LogP contribution in [-0.4, -0.2) is 11.3 Å². The molecule has 0 amide bonds. The first kappa shape index (κ1) is 13.0. The van der Waals surface area contributed by atoms with Crippen molar-refractivity contribution in [3.05, 3.63) is 29.8 Å². The van der Waals surface area contributed by atoms with E-state index in [9.17, 15) is 4.79 Å². The van der Waals surface area contributed by atoms with Gasteiger partial charge in [-0.1, -0.05) is 26.0 Å². The zero-order valence-corrected chi connectivity index (χ0v) is 11.0. The van der Waals surface area contributed by atoms with Gasteiger partial charge in [-0.25, -0.2) is 4.79 Å². The summed E-state index contributed by atoms with van der Waals surface area (Å²) >= 11 is 1.81. The minimum absolute atomic E-state index is 0.491. The molecule has 0 bridgehead atoms. The fraction of sp³-hybridized carbons (Fsp3) is 0.462. The summed E-state index contributed by atoms with van der Waals surface area (Å²) in [7, 11) is 0. The smallest absolute Gasteiger partial charge is 0.211 e. The molecule has 0 saturated heterocycles. The van der Waals surface area contributed by atoms with Crippen LogP contribution in [0.2, 0.25) is 0 Å². The number of rotatable bonds is 4. The van der Waals surface area contributed by atoms with E-state index in [2.05, 4.69) is 31.0 Å². The van der Waals surface area contributed by atoms with Crippen LogP contribution < -0.4 is 0 Å². The lowest BCUT2D eigenvalue weighted by Crippen LogP contribution is -2.13. The van der Waals surface area contributed by atoms with Gasteiger partial charge in [-0.3, -0.25) is 0 Å². The van der Waals surface area contributed by atoms with Gasteiger partial charge in [0, 0.05) is 10.1 Å². The highest BCUT2D eigenvalue weighted by Gasteiger charge is 2.19. The van der Waals surface area contributed by atoms with Gasteiger partial charge in [-0.15, -0.1) is 11.8 Å². The van der Waals surface area contributed by atoms with Gasteiger partial charge < -0.3 is 0 Å². The van der Waals surface area contributed by atoms with Crippen LogP contribution in [0.4, 0.5) is 0 Å². The lowest BCUT2D eigenvalue weighted by atomic mass is 9.95. The zero-order chi connectivity index (χ0) is 12.2. The number of isocyanates is 1. The summed E-state index contributed by atoms with van der Waals surface area (Å²) in [4.78, 5) is 15.4. The van der Waals surface area contributed by atoms with E-state index in [1.165, 1.54) is 4.90 Å². The van der Waals surface area contributed by atoms with E-state index in [0.29, 0.717) is 5.25 Å². The van der Waals surface area contributed by atoms with Crippen LogP contribution in [0.5, 0.6) is 0 Å². The average Bonchev–Trinajstić information content (AvgIpc) is 2.17. The molecule has 0 radical (unpaired) electrons. The fourth-order valence-corrected chi connectivity index (χ4v) is 2.30. The van der Waals surface area contributed by atoms with Crippen molar-refractivity contribution in [2.45, 2.75) is 43.4 Å². The second-order valence-corrected chi connectivity index (χ2v) is 6.11. The number of thioether (sulfide) groups is 1. The molecule has 0 N–H and O–H groups in total. The van der Waals surface area contributed by atoms with Crippen molar-refractivity contribution in [3.8, 4) is 0 Å². The van der Waals surface area contributed by atoms with Crippen molar-refractivity contribution in [2.24, 2.45) is 4.99 Å². The van der Waals surface area contributed by atoms with E-state index in [-0.39, 0.29) is 0 Å². The number of aliphatic imine (C=N–C) groups is 1. The molecule has 1 rings (SSSR count). The molecule has 86 valence electrons. The lowest BCUT2D eigenvalue weighted by molar-refractivity contribution is 0.522. The molecule has 0 aliphatic rings. The van der Waals surface area contributed by atoms with Crippen LogP contribution in [0.25, 0.3) is 0 Å². The number of carbonyl (C=O) groups excluding carboxylic acids is 1. The van der Waals surface area contributed by atoms with Crippen molar-refractivity contribution in [2.75, 3.05) is 0 Å². The number of benzene rings is 1. The highest BCUT2D eigenvalue weighted by molar-refractivity contribution is 7.99. The first-order valence-corrected chi connectivity index (χ1v) is 6.20. The molecule has 0 aromatic heterocycles. The van der Waals surface area contributed by atoms with Crippen molar-refractivity contribution in [1.82, 2.24) is 0 Å². The van der Waals surface area contributed by atoms with Gasteiger partial charge in [0.1, 0.15) is 0 Å². The van der Waals surface area contributed by atoms with Gasteiger partial charge in [0.2, 0.25) is 6.08 Å². The molecular weight excluding hydrogens is 218 g/mol. The average molecular weight is 235 g/mol. The Morgan fingerprint density at radius 1 is 1.38 bits per heavy atom. The van der Waals surface area contributed by atoms with E-state index in [1.807, 2.05) is 26.0 Å². The minimum Gasteiger partial charge on any atom is -0.211 e. The summed E-state index contributed by atoms with van der Waals surface area (Å²) in [6, 6.07) is 8.16. The molecule has 1 aromatic rings. The summed E-state index contributed by atoms with van der Waals surface area (Å²) < 4.78 is 0. The Morgan fingerprint density at radius 3 is 2.62 bits per heavy atom. The highest BCUT2D eigenvalue weighted by Crippen LogP contribution is 2.29. The standard InChI is InChI=1S/C13H17NOS/c1-10(2)16-12-7-5-6-11(8-12)13(3,4)14-9-15/h5-8,10H,1-4H3. The van der Waals surface area contributed by atoms with E-state index in [0.717, 1.165) is 5.56 Å². The second kappa shape index (κ2) is 5.33. The maximum atomic E-state index is 10.4. The highest BCUT2D eigenvalue weighted by atomic mass is 32.2. The minimum atomic E-state index is -0.491. The summed E-state index contributed by atoms with van der Waals surface area (Å²) in [5.41, 5.74) is 0.552. The maximum Gasteiger partial charge on any atom is 0.235 e. The Labute approximate surface area is 101 Å². The summed E-state index contributed by atoms with van der Waals surface area (Å²) in [6.45, 7) is 8.15. The van der Waals surface area contributed by atoms with E-state index in [1.54, 1.807) is 17.8 Å². The molecule has 0 heterocycles. The molecule has 1 aromatic carbocycles. The first-order chi connectivity index (χ1) is 7.45. The zero-order valence-electron chi connectivity index (χ0n) is 10.2. The number of nitrogens with zero attached hydrogens (tertiary/aromatic N) is 1. The Bertz CT molecular complexity index is 406. The second-order valence-electron chi connectivity index (χ2n) is 4.46. The molecule has 0 aliphatic carbocycles. The van der Waals surface area contributed by atoms with E-state index in [4.69, 9.17) is 0 Å². The van der Waals surface area contributed by atoms with Crippen LogP contribution in [0, 0.1) is 0 Å². The molecule has 0 saturated carbocycles. The summed E-state index contributed by atoms with van der Waals surface area (Å²) in [5.74, 6) is 0. The SMILES string of the molecule is CC(C)Sc1cccc(C(C)(C)N=C=O)c1. The van der Waals surface area contributed by atoms with E-state index >= 15 is 0 Å². The predicted molar refractivity (Wildman–Crippen MR) is 68.6 cm³/mol. The van der Waals surface area contributed by atoms with Crippen LogP contribution >= 0.6 is 11.8 Å². The third kappa shape index (κ3) is 3.51. The Hall–Kier alpha value is -1.05. The van der Waals surface area contributed by atoms with Crippen LogP contribution in [0.15, 0.2) is 34.2 Å². The quantitative estimate of drug-likeness (QED) is 0.452. The Balaban J connectivity index is 3.02. The molecule has 0 fully saturated rings. The molecule has 0 atom stereocenters. The topological polar surface area (TPSA) is 29.4 Å². The first-order valence-electron chi connectivity index (χ1n) is 5.32. The van der Waals surface area contributed by atoms with Crippen LogP contribution in [0.3, 0.4) is 0 Å². The maximum absolute atomic E-state index is 10.4.